The summed E-state index contributed by atoms with van der Waals surface area (Å²) in [6.45, 7) is 0.539. The molecule has 8 heteroatoms. The minimum atomic E-state index is -0.449. The average Bonchev–Trinajstić information content (AvgIpc) is 2.76. The van der Waals surface area contributed by atoms with E-state index >= 15 is 0 Å². The molecule has 2 amide bonds. The van der Waals surface area contributed by atoms with Crippen molar-refractivity contribution in [3.8, 4) is 0 Å². The predicted octanol–water partition coefficient (Wildman–Crippen LogP) is 5.74. The molecule has 0 saturated carbocycles. The molecule has 0 aliphatic heterocycles. The molecule has 0 spiro atoms. The van der Waals surface area contributed by atoms with Crippen LogP contribution in [0.2, 0.25) is 10.0 Å². The fourth-order valence-corrected chi connectivity index (χ4v) is 3.19. The van der Waals surface area contributed by atoms with Gasteiger partial charge < -0.3 is 10.2 Å². The molecule has 0 saturated heterocycles. The van der Waals surface area contributed by atoms with E-state index in [4.69, 9.17) is 23.2 Å². The Hall–Kier alpha value is -2.96. The van der Waals surface area contributed by atoms with E-state index in [2.05, 4.69) is 5.32 Å². The van der Waals surface area contributed by atoms with E-state index in [1.807, 2.05) is 0 Å². The third-order valence-electron chi connectivity index (χ3n) is 4.50. The zero-order valence-electron chi connectivity index (χ0n) is 16.2. The second kappa shape index (κ2) is 10.4. The van der Waals surface area contributed by atoms with Crippen LogP contribution in [0.15, 0.2) is 66.7 Å². The molecule has 0 atom stereocenters. The van der Waals surface area contributed by atoms with Gasteiger partial charge in [0.25, 0.3) is 11.8 Å². The topological polar surface area (TPSA) is 49.4 Å². The van der Waals surface area contributed by atoms with Crippen LogP contribution in [0.1, 0.15) is 27.1 Å². The number of carbonyl (C=O) groups excluding carboxylic acids is 2. The summed E-state index contributed by atoms with van der Waals surface area (Å²) in [4.78, 5) is 26.7. The van der Waals surface area contributed by atoms with Gasteiger partial charge in [-0.1, -0.05) is 23.2 Å². The maximum Gasteiger partial charge on any atom is 0.258 e. The fourth-order valence-electron chi connectivity index (χ4n) is 2.90. The summed E-state index contributed by atoms with van der Waals surface area (Å²) in [6.07, 6.45) is 0.428. The van der Waals surface area contributed by atoms with E-state index in [-0.39, 0.29) is 29.9 Å². The molecule has 1 N–H and O–H groups in total. The highest BCUT2D eigenvalue weighted by atomic mass is 35.5. The van der Waals surface area contributed by atoms with E-state index in [9.17, 15) is 18.4 Å². The Balaban J connectivity index is 1.66. The molecule has 3 rings (SSSR count). The number of nitrogens with one attached hydrogen (secondary N) is 1. The molecular formula is C23H18Cl2F2N2O2. The number of hydrogen-bond acceptors (Lipinski definition) is 2. The lowest BCUT2D eigenvalue weighted by molar-refractivity contribution is 0.0953. The highest BCUT2D eigenvalue weighted by molar-refractivity contribution is 6.42. The normalized spacial score (nSPS) is 10.6. The SMILES string of the molecule is O=C(NCCCN(C(=O)c1ccc(F)cc1)c1ccc(F)cc1)c1ccc(Cl)c(Cl)c1. The maximum absolute atomic E-state index is 13.3. The Morgan fingerprint density at radius 1 is 0.806 bits per heavy atom. The molecule has 160 valence electrons. The van der Waals surface area contributed by atoms with Gasteiger partial charge in [-0.3, -0.25) is 9.59 Å². The van der Waals surface area contributed by atoms with Crippen molar-refractivity contribution in [2.24, 2.45) is 0 Å². The third-order valence-corrected chi connectivity index (χ3v) is 5.24. The first-order chi connectivity index (χ1) is 14.8. The molecule has 0 aliphatic carbocycles. The Morgan fingerprint density at radius 3 is 2.00 bits per heavy atom. The van der Waals surface area contributed by atoms with Gasteiger partial charge in [0.2, 0.25) is 0 Å². The van der Waals surface area contributed by atoms with Crippen LogP contribution in [-0.4, -0.2) is 24.9 Å². The lowest BCUT2D eigenvalue weighted by atomic mass is 10.1. The van der Waals surface area contributed by atoms with Crippen LogP contribution in [0, 0.1) is 11.6 Å². The van der Waals surface area contributed by atoms with E-state index in [1.54, 1.807) is 6.07 Å². The van der Waals surface area contributed by atoms with Crippen LogP contribution >= 0.6 is 23.2 Å². The maximum atomic E-state index is 13.3. The van der Waals surface area contributed by atoms with Crippen molar-refractivity contribution < 1.29 is 18.4 Å². The number of carbonyl (C=O) groups is 2. The number of anilines is 1. The molecule has 3 aromatic carbocycles. The quantitative estimate of drug-likeness (QED) is 0.455. The minimum absolute atomic E-state index is 0.253. The number of amides is 2. The van der Waals surface area contributed by atoms with Crippen LogP contribution in [0.3, 0.4) is 0 Å². The summed E-state index contributed by atoms with van der Waals surface area (Å²) in [6, 6.07) is 15.3. The predicted molar refractivity (Wildman–Crippen MR) is 118 cm³/mol. The van der Waals surface area contributed by atoms with E-state index in [0.717, 1.165) is 0 Å². The summed E-state index contributed by atoms with van der Waals surface area (Å²) in [7, 11) is 0. The molecule has 0 radical (unpaired) electrons. The molecule has 0 aromatic heterocycles. The van der Waals surface area contributed by atoms with Crippen molar-refractivity contribution in [1.29, 1.82) is 0 Å². The Bertz CT molecular complexity index is 1070. The van der Waals surface area contributed by atoms with Crippen molar-refractivity contribution >= 4 is 40.7 Å². The number of hydrogen-bond donors (Lipinski definition) is 1. The Kier molecular flexibility index (Phi) is 7.60. The second-order valence-electron chi connectivity index (χ2n) is 6.68. The molecule has 4 nitrogen and oxygen atoms in total. The smallest absolute Gasteiger partial charge is 0.258 e. The van der Waals surface area contributed by atoms with Crippen LogP contribution in [0.4, 0.5) is 14.5 Å². The van der Waals surface area contributed by atoms with Gasteiger partial charge in [-0.2, -0.15) is 0 Å². The molecule has 3 aromatic rings. The van der Waals surface area contributed by atoms with Crippen molar-refractivity contribution in [3.05, 3.63) is 99.5 Å². The van der Waals surface area contributed by atoms with Crippen molar-refractivity contribution in [3.63, 3.8) is 0 Å². The first kappa shape index (κ1) is 22.7. The summed E-state index contributed by atoms with van der Waals surface area (Å²) in [5.41, 5.74) is 1.16. The standard InChI is InChI=1S/C23H18Cl2F2N2O2/c24-20-11-4-16(14-21(20)25)22(30)28-12-1-13-29(19-9-7-18(27)8-10-19)23(31)15-2-5-17(26)6-3-15/h2-11,14H,1,12-13H2,(H,28,30). The van der Waals surface area contributed by atoms with Gasteiger partial charge in [0.15, 0.2) is 0 Å². The second-order valence-corrected chi connectivity index (χ2v) is 7.49. The van der Waals surface area contributed by atoms with Crippen LogP contribution in [-0.2, 0) is 0 Å². The van der Waals surface area contributed by atoms with Crippen LogP contribution < -0.4 is 10.2 Å². The Labute approximate surface area is 188 Å². The lowest BCUT2D eigenvalue weighted by Gasteiger charge is -2.23. The zero-order valence-corrected chi connectivity index (χ0v) is 17.8. The average molecular weight is 463 g/mol. The Morgan fingerprint density at radius 2 is 1.39 bits per heavy atom. The molecule has 0 heterocycles. The molecular weight excluding hydrogens is 445 g/mol. The summed E-state index contributed by atoms with van der Waals surface area (Å²) in [5.74, 6) is -1.55. The van der Waals surface area contributed by atoms with E-state index in [1.165, 1.54) is 65.6 Å². The monoisotopic (exact) mass is 462 g/mol. The number of benzene rings is 3. The van der Waals surface area contributed by atoms with Crippen molar-refractivity contribution in [2.75, 3.05) is 18.0 Å². The van der Waals surface area contributed by atoms with Gasteiger partial charge in [-0.05, 0) is 73.2 Å². The largest absolute Gasteiger partial charge is 0.352 e. The lowest BCUT2D eigenvalue weighted by Crippen LogP contribution is -2.34. The fraction of sp³-hybridized carbons (Fsp3) is 0.130. The van der Waals surface area contributed by atoms with Crippen molar-refractivity contribution in [2.45, 2.75) is 6.42 Å². The third kappa shape index (κ3) is 6.03. The summed E-state index contributed by atoms with van der Waals surface area (Å²) < 4.78 is 26.5. The highest BCUT2D eigenvalue weighted by Gasteiger charge is 2.18. The van der Waals surface area contributed by atoms with Gasteiger partial charge in [-0.25, -0.2) is 8.78 Å². The number of nitrogens with zero attached hydrogens (tertiary/aromatic N) is 1. The minimum Gasteiger partial charge on any atom is -0.352 e. The molecule has 0 bridgehead atoms. The summed E-state index contributed by atoms with van der Waals surface area (Å²) in [5, 5.41) is 3.39. The van der Waals surface area contributed by atoms with E-state index in [0.29, 0.717) is 28.3 Å². The highest BCUT2D eigenvalue weighted by Crippen LogP contribution is 2.22. The van der Waals surface area contributed by atoms with Gasteiger partial charge >= 0.3 is 0 Å². The first-order valence-electron chi connectivity index (χ1n) is 9.41. The van der Waals surface area contributed by atoms with Crippen LogP contribution in [0.5, 0.6) is 0 Å². The first-order valence-corrected chi connectivity index (χ1v) is 10.2. The molecule has 0 unspecified atom stereocenters. The van der Waals surface area contributed by atoms with E-state index < -0.39 is 11.6 Å². The van der Waals surface area contributed by atoms with Gasteiger partial charge in [0, 0.05) is 29.9 Å². The van der Waals surface area contributed by atoms with Gasteiger partial charge in [0.1, 0.15) is 11.6 Å². The summed E-state index contributed by atoms with van der Waals surface area (Å²) >= 11 is 11.8. The van der Waals surface area contributed by atoms with Crippen LogP contribution in [0.25, 0.3) is 0 Å². The number of halogens is 4. The van der Waals surface area contributed by atoms with Crippen molar-refractivity contribution in [1.82, 2.24) is 5.32 Å². The molecule has 31 heavy (non-hydrogen) atoms. The molecule has 0 fully saturated rings. The molecule has 0 aliphatic rings. The number of rotatable bonds is 7. The zero-order chi connectivity index (χ0) is 22.4. The van der Waals surface area contributed by atoms with Gasteiger partial charge in [0.05, 0.1) is 10.0 Å². The van der Waals surface area contributed by atoms with Gasteiger partial charge in [-0.15, -0.1) is 0 Å².